The van der Waals surface area contributed by atoms with E-state index < -0.39 is 0 Å². The minimum Gasteiger partial charge on any atom is -0.463 e. The van der Waals surface area contributed by atoms with Gasteiger partial charge in [0.05, 0.1) is 6.10 Å². The van der Waals surface area contributed by atoms with E-state index in [9.17, 15) is 4.79 Å². The molecule has 2 heteroatoms. The van der Waals surface area contributed by atoms with Crippen molar-refractivity contribution in [3.8, 4) is 0 Å². The number of carbonyl (C=O) groups excluding carboxylic acids is 1. The fourth-order valence-corrected chi connectivity index (χ4v) is 1.40. The van der Waals surface area contributed by atoms with Gasteiger partial charge in [-0.3, -0.25) is 4.79 Å². The minimum absolute atomic E-state index is 0.0144. The van der Waals surface area contributed by atoms with Crippen LogP contribution in [0.1, 0.15) is 45.4 Å². The van der Waals surface area contributed by atoms with Crippen molar-refractivity contribution in [2.24, 2.45) is 0 Å². The van der Waals surface area contributed by atoms with Gasteiger partial charge in [-0.2, -0.15) is 0 Å². The van der Waals surface area contributed by atoms with Crippen molar-refractivity contribution in [2.45, 2.75) is 51.6 Å². The summed E-state index contributed by atoms with van der Waals surface area (Å²) in [6.45, 7) is 1.98. The van der Waals surface area contributed by atoms with Crippen molar-refractivity contribution in [3.63, 3.8) is 0 Å². The number of hydrogen-bond acceptors (Lipinski definition) is 2. The molecule has 1 fully saturated rings. The van der Waals surface area contributed by atoms with E-state index in [1.807, 2.05) is 6.92 Å². The lowest BCUT2D eigenvalue weighted by Gasteiger charge is -2.10. The van der Waals surface area contributed by atoms with Crippen molar-refractivity contribution in [1.29, 1.82) is 0 Å². The molecule has 0 aromatic heterocycles. The third kappa shape index (κ3) is 3.40. The molecule has 1 rings (SSSR count). The lowest BCUT2D eigenvalue weighted by molar-refractivity contribution is -0.148. The normalized spacial score (nSPS) is 28.1. The van der Waals surface area contributed by atoms with E-state index in [2.05, 4.69) is 0 Å². The average Bonchev–Trinajstić information content (AvgIpc) is 2.02. The van der Waals surface area contributed by atoms with Gasteiger partial charge in [0.1, 0.15) is 0 Å². The Hall–Kier alpha value is -0.530. The van der Waals surface area contributed by atoms with E-state index in [-0.39, 0.29) is 12.1 Å². The molecule has 64 valence electrons. The molecule has 0 unspecified atom stereocenters. The quantitative estimate of drug-likeness (QED) is 0.503. The molecule has 0 radical (unpaired) electrons. The Balaban J connectivity index is 2.33. The zero-order valence-corrected chi connectivity index (χ0v) is 7.14. The van der Waals surface area contributed by atoms with Crippen molar-refractivity contribution >= 4 is 5.97 Å². The highest BCUT2D eigenvalue weighted by atomic mass is 16.5. The maximum atomic E-state index is 11.0. The first-order valence-electron chi connectivity index (χ1n) is 4.48. The molecule has 0 spiro atoms. The SMILES string of the molecule is C[C@H]1CCCCCCC(=O)O1. The van der Waals surface area contributed by atoms with Gasteiger partial charge in [0, 0.05) is 6.42 Å². The van der Waals surface area contributed by atoms with Crippen LogP contribution in [-0.2, 0) is 9.53 Å². The van der Waals surface area contributed by atoms with E-state index in [1.54, 1.807) is 0 Å². The van der Waals surface area contributed by atoms with Crippen molar-refractivity contribution in [1.82, 2.24) is 0 Å². The van der Waals surface area contributed by atoms with Crippen molar-refractivity contribution < 1.29 is 9.53 Å². The first-order chi connectivity index (χ1) is 5.29. The summed E-state index contributed by atoms with van der Waals surface area (Å²) in [7, 11) is 0. The lowest BCUT2D eigenvalue weighted by atomic mass is 10.1. The third-order valence-corrected chi connectivity index (χ3v) is 2.07. The first kappa shape index (κ1) is 8.57. The van der Waals surface area contributed by atoms with E-state index in [4.69, 9.17) is 4.74 Å². The van der Waals surface area contributed by atoms with Gasteiger partial charge < -0.3 is 4.74 Å². The van der Waals surface area contributed by atoms with E-state index >= 15 is 0 Å². The molecule has 0 N–H and O–H groups in total. The predicted octanol–water partition coefficient (Wildman–Crippen LogP) is 2.27. The van der Waals surface area contributed by atoms with Gasteiger partial charge in [-0.25, -0.2) is 0 Å². The van der Waals surface area contributed by atoms with Crippen LogP contribution in [0.5, 0.6) is 0 Å². The van der Waals surface area contributed by atoms with Crippen LogP contribution in [0.25, 0.3) is 0 Å². The Morgan fingerprint density at radius 1 is 1.27 bits per heavy atom. The Morgan fingerprint density at radius 3 is 2.82 bits per heavy atom. The van der Waals surface area contributed by atoms with Crippen molar-refractivity contribution in [3.05, 3.63) is 0 Å². The highest BCUT2D eigenvalue weighted by Crippen LogP contribution is 2.13. The first-order valence-corrected chi connectivity index (χ1v) is 4.48. The molecule has 0 saturated carbocycles. The maximum Gasteiger partial charge on any atom is 0.306 e. The lowest BCUT2D eigenvalue weighted by Crippen LogP contribution is -2.13. The number of hydrogen-bond donors (Lipinski definition) is 0. The second-order valence-corrected chi connectivity index (χ2v) is 3.25. The van der Waals surface area contributed by atoms with Gasteiger partial charge in [-0.15, -0.1) is 0 Å². The van der Waals surface area contributed by atoms with Crippen LogP contribution in [0.3, 0.4) is 0 Å². The summed E-state index contributed by atoms with van der Waals surface area (Å²) in [5, 5.41) is 0. The summed E-state index contributed by atoms with van der Waals surface area (Å²) < 4.78 is 5.13. The molecular formula is C9H16O2. The highest BCUT2D eigenvalue weighted by Gasteiger charge is 2.10. The Morgan fingerprint density at radius 2 is 2.00 bits per heavy atom. The van der Waals surface area contributed by atoms with E-state index in [1.165, 1.54) is 19.3 Å². The van der Waals surface area contributed by atoms with Gasteiger partial charge in [0.25, 0.3) is 0 Å². The topological polar surface area (TPSA) is 26.3 Å². The molecule has 1 saturated heterocycles. The molecular weight excluding hydrogens is 140 g/mol. The van der Waals surface area contributed by atoms with Crippen LogP contribution < -0.4 is 0 Å². The van der Waals surface area contributed by atoms with Crippen LogP contribution in [0.15, 0.2) is 0 Å². The molecule has 0 amide bonds. The zero-order valence-electron chi connectivity index (χ0n) is 7.14. The summed E-state index contributed by atoms with van der Waals surface area (Å²) in [5.74, 6) is -0.0144. The largest absolute Gasteiger partial charge is 0.463 e. The molecule has 2 nitrogen and oxygen atoms in total. The van der Waals surface area contributed by atoms with Crippen LogP contribution in [0.2, 0.25) is 0 Å². The second-order valence-electron chi connectivity index (χ2n) is 3.25. The zero-order chi connectivity index (χ0) is 8.10. The highest BCUT2D eigenvalue weighted by molar-refractivity contribution is 5.69. The summed E-state index contributed by atoms with van der Waals surface area (Å²) in [5.41, 5.74) is 0. The van der Waals surface area contributed by atoms with Crippen LogP contribution in [0, 0.1) is 0 Å². The maximum absolute atomic E-state index is 11.0. The molecule has 1 heterocycles. The van der Waals surface area contributed by atoms with Gasteiger partial charge in [0.2, 0.25) is 0 Å². The van der Waals surface area contributed by atoms with Gasteiger partial charge >= 0.3 is 5.97 Å². The number of esters is 1. The standard InChI is InChI=1S/C9H16O2/c1-8-6-4-2-3-5-7-9(10)11-8/h8H,2-7H2,1H3/t8-/m0/s1. The van der Waals surface area contributed by atoms with Gasteiger partial charge in [-0.05, 0) is 26.2 Å². The van der Waals surface area contributed by atoms with Crippen molar-refractivity contribution in [2.75, 3.05) is 0 Å². The monoisotopic (exact) mass is 156 g/mol. The minimum atomic E-state index is -0.0144. The van der Waals surface area contributed by atoms with Gasteiger partial charge in [-0.1, -0.05) is 12.8 Å². The average molecular weight is 156 g/mol. The molecule has 0 aromatic rings. The molecule has 0 aliphatic carbocycles. The van der Waals surface area contributed by atoms with Gasteiger partial charge in [0.15, 0.2) is 0 Å². The molecule has 0 aromatic carbocycles. The molecule has 1 aliphatic heterocycles. The predicted molar refractivity (Wildman–Crippen MR) is 43.3 cm³/mol. The Kier molecular flexibility index (Phi) is 3.40. The Bertz CT molecular complexity index is 132. The number of carbonyl (C=O) groups is 1. The van der Waals surface area contributed by atoms with E-state index in [0.717, 1.165) is 12.8 Å². The van der Waals surface area contributed by atoms with Crippen LogP contribution in [0.4, 0.5) is 0 Å². The summed E-state index contributed by atoms with van der Waals surface area (Å²) in [6, 6.07) is 0. The third-order valence-electron chi connectivity index (χ3n) is 2.07. The fourth-order valence-electron chi connectivity index (χ4n) is 1.40. The van der Waals surface area contributed by atoms with E-state index in [0.29, 0.717) is 6.42 Å². The van der Waals surface area contributed by atoms with Crippen LogP contribution in [-0.4, -0.2) is 12.1 Å². The number of rotatable bonds is 0. The molecule has 1 aliphatic rings. The molecule has 0 bridgehead atoms. The smallest absolute Gasteiger partial charge is 0.306 e. The fraction of sp³-hybridized carbons (Fsp3) is 0.889. The molecule has 11 heavy (non-hydrogen) atoms. The second kappa shape index (κ2) is 4.37. The summed E-state index contributed by atoms with van der Waals surface area (Å²) in [4.78, 5) is 11.0. The molecule has 1 atom stereocenters. The Labute approximate surface area is 67.9 Å². The summed E-state index contributed by atoms with van der Waals surface area (Å²) >= 11 is 0. The summed E-state index contributed by atoms with van der Waals surface area (Å²) in [6.07, 6.45) is 6.43. The number of cyclic esters (lactones) is 1. The number of ether oxygens (including phenoxy) is 1. The van der Waals surface area contributed by atoms with Crippen LogP contribution >= 0.6 is 0 Å².